The summed E-state index contributed by atoms with van der Waals surface area (Å²) in [5.41, 5.74) is 0.846. The molecule has 0 aromatic heterocycles. The molecule has 2 aromatic carbocycles. The van der Waals surface area contributed by atoms with Gasteiger partial charge in [-0.25, -0.2) is 4.79 Å². The third kappa shape index (κ3) is 6.44. The number of carbonyl (C=O) groups is 1. The molecule has 0 aliphatic carbocycles. The van der Waals surface area contributed by atoms with Crippen LogP contribution in [0.25, 0.3) is 0 Å². The summed E-state index contributed by atoms with van der Waals surface area (Å²) in [4.78, 5) is 14.6. The van der Waals surface area contributed by atoms with Crippen molar-refractivity contribution >= 4 is 46.8 Å². The first-order chi connectivity index (χ1) is 13.9. The normalized spacial score (nSPS) is 10.8. The number of hydrogen-bond acceptors (Lipinski definition) is 5. The van der Waals surface area contributed by atoms with Crippen molar-refractivity contribution in [2.45, 2.75) is 44.4 Å². The lowest BCUT2D eigenvalue weighted by Gasteiger charge is -2.27. The minimum atomic E-state index is -0.991. The Kier molecular flexibility index (Phi) is 9.43. The van der Waals surface area contributed by atoms with E-state index in [0.29, 0.717) is 32.1 Å². The lowest BCUT2D eigenvalue weighted by Crippen LogP contribution is -2.27. The fourth-order valence-electron chi connectivity index (χ4n) is 2.87. The Morgan fingerprint density at radius 3 is 2.28 bits per heavy atom. The van der Waals surface area contributed by atoms with Gasteiger partial charge >= 0.3 is 5.97 Å². The molecule has 0 saturated heterocycles. The average Bonchev–Trinajstić information content (AvgIpc) is 2.70. The van der Waals surface area contributed by atoms with E-state index in [-0.39, 0.29) is 5.56 Å². The largest absolute Gasteiger partial charge is 0.478 e. The number of anilines is 1. The quantitative estimate of drug-likeness (QED) is 0.359. The molecular weight excluding hydrogens is 431 g/mol. The van der Waals surface area contributed by atoms with Gasteiger partial charge in [-0.05, 0) is 43.0 Å². The molecule has 8 heteroatoms. The van der Waals surface area contributed by atoms with E-state index in [4.69, 9.17) is 33.1 Å². The first kappa shape index (κ1) is 23.7. The molecule has 2 rings (SSSR count). The second kappa shape index (κ2) is 11.6. The second-order valence-corrected chi connectivity index (χ2v) is 8.10. The summed E-state index contributed by atoms with van der Waals surface area (Å²) in [6, 6.07) is 8.30. The maximum Gasteiger partial charge on any atom is 0.337 e. The van der Waals surface area contributed by atoms with Crippen LogP contribution in [0.15, 0.2) is 35.2 Å². The monoisotopic (exact) mass is 456 g/mol. The number of rotatable bonds is 11. The lowest BCUT2D eigenvalue weighted by atomic mass is 10.1. The van der Waals surface area contributed by atoms with Crippen molar-refractivity contribution in [2.24, 2.45) is 5.14 Å². The number of hydrogen-bond donors (Lipinski definition) is 2. The topological polar surface area (TPSA) is 75.8 Å². The fourth-order valence-corrected chi connectivity index (χ4v) is 3.56. The predicted octanol–water partition coefficient (Wildman–Crippen LogP) is 6.86. The summed E-state index contributed by atoms with van der Waals surface area (Å²) >= 11 is 13.0. The molecule has 29 heavy (non-hydrogen) atoms. The number of aromatic carboxylic acids is 1. The first-order valence-corrected chi connectivity index (χ1v) is 11.2. The molecule has 0 bridgehead atoms. The molecule has 0 fully saturated rings. The molecule has 2 aromatic rings. The molecule has 0 spiro atoms. The Bertz CT molecular complexity index is 841. The summed E-state index contributed by atoms with van der Waals surface area (Å²) in [6.07, 6.45) is 3.99. The number of nitrogens with two attached hydrogens (primary N) is 1. The summed E-state index contributed by atoms with van der Waals surface area (Å²) in [5, 5.41) is 16.4. The molecule has 0 heterocycles. The molecule has 0 aliphatic rings. The Labute approximate surface area is 186 Å². The minimum absolute atomic E-state index is 0.214. The van der Waals surface area contributed by atoms with Gasteiger partial charge in [0.2, 0.25) is 0 Å². The van der Waals surface area contributed by atoms with Crippen LogP contribution in [-0.2, 0) is 0 Å². The summed E-state index contributed by atoms with van der Waals surface area (Å²) in [7, 11) is 0. The van der Waals surface area contributed by atoms with Crippen LogP contribution in [0.3, 0.4) is 0 Å². The van der Waals surface area contributed by atoms with Gasteiger partial charge < -0.3 is 14.7 Å². The SMILES string of the molecule is CCCCN(CCCC)c1cc(Oc2ccc(Cl)c(Cl)c2)c(SN)cc1C(=O)O. The van der Waals surface area contributed by atoms with E-state index >= 15 is 0 Å². The highest BCUT2D eigenvalue weighted by Crippen LogP contribution is 2.38. The molecule has 0 radical (unpaired) electrons. The van der Waals surface area contributed by atoms with Crippen molar-refractivity contribution in [3.63, 3.8) is 0 Å². The van der Waals surface area contributed by atoms with E-state index in [9.17, 15) is 9.90 Å². The van der Waals surface area contributed by atoms with Gasteiger partial charge in [0.1, 0.15) is 11.5 Å². The van der Waals surface area contributed by atoms with Crippen LogP contribution in [0.5, 0.6) is 11.5 Å². The second-order valence-electron chi connectivity index (χ2n) is 6.61. The van der Waals surface area contributed by atoms with E-state index < -0.39 is 5.97 Å². The zero-order valence-corrected chi connectivity index (χ0v) is 18.9. The third-order valence-corrected chi connectivity index (χ3v) is 5.75. The first-order valence-electron chi connectivity index (χ1n) is 9.57. The van der Waals surface area contributed by atoms with Crippen molar-refractivity contribution in [3.05, 3.63) is 45.9 Å². The van der Waals surface area contributed by atoms with Crippen LogP contribution in [0.1, 0.15) is 49.9 Å². The van der Waals surface area contributed by atoms with E-state index in [2.05, 4.69) is 18.7 Å². The zero-order chi connectivity index (χ0) is 21.4. The van der Waals surface area contributed by atoms with E-state index in [1.807, 2.05) is 0 Å². The molecule has 3 N–H and O–H groups in total. The van der Waals surface area contributed by atoms with Gasteiger partial charge in [-0.3, -0.25) is 5.14 Å². The highest BCUT2D eigenvalue weighted by Gasteiger charge is 2.21. The number of carboxylic acids is 1. The Morgan fingerprint density at radius 1 is 1.10 bits per heavy atom. The van der Waals surface area contributed by atoms with Gasteiger partial charge in [0.15, 0.2) is 0 Å². The summed E-state index contributed by atoms with van der Waals surface area (Å²) < 4.78 is 6.01. The van der Waals surface area contributed by atoms with Crippen LogP contribution >= 0.6 is 35.1 Å². The van der Waals surface area contributed by atoms with Crippen molar-refractivity contribution < 1.29 is 14.6 Å². The molecular formula is C21H26Cl2N2O3S. The molecule has 0 saturated carbocycles. The molecule has 0 atom stereocenters. The molecule has 158 valence electrons. The zero-order valence-electron chi connectivity index (χ0n) is 16.6. The minimum Gasteiger partial charge on any atom is -0.478 e. The number of nitrogens with zero attached hydrogens (tertiary/aromatic N) is 1. The highest BCUT2D eigenvalue weighted by molar-refractivity contribution is 7.97. The van der Waals surface area contributed by atoms with Gasteiger partial charge in [0.25, 0.3) is 0 Å². The van der Waals surface area contributed by atoms with Crippen LogP contribution in [0.4, 0.5) is 5.69 Å². The highest BCUT2D eigenvalue weighted by atomic mass is 35.5. The Morgan fingerprint density at radius 2 is 1.76 bits per heavy atom. The number of ether oxygens (including phenoxy) is 1. The Balaban J connectivity index is 2.50. The van der Waals surface area contributed by atoms with Crippen molar-refractivity contribution in [2.75, 3.05) is 18.0 Å². The van der Waals surface area contributed by atoms with Crippen molar-refractivity contribution in [1.82, 2.24) is 0 Å². The van der Waals surface area contributed by atoms with Gasteiger partial charge in [-0.15, -0.1) is 0 Å². The number of benzene rings is 2. The molecule has 0 unspecified atom stereocenters. The predicted molar refractivity (Wildman–Crippen MR) is 122 cm³/mol. The maximum absolute atomic E-state index is 11.9. The number of unbranched alkanes of at least 4 members (excludes halogenated alkanes) is 2. The van der Waals surface area contributed by atoms with Crippen LogP contribution in [0, 0.1) is 0 Å². The van der Waals surface area contributed by atoms with Crippen molar-refractivity contribution in [3.8, 4) is 11.5 Å². The van der Waals surface area contributed by atoms with Gasteiger partial charge in [-0.1, -0.05) is 49.9 Å². The Hall–Kier alpha value is -1.60. The van der Waals surface area contributed by atoms with E-state index in [1.165, 1.54) is 0 Å². The maximum atomic E-state index is 11.9. The number of carboxylic acid groups (broad SMARTS) is 1. The smallest absolute Gasteiger partial charge is 0.337 e. The van der Waals surface area contributed by atoms with Crippen LogP contribution in [0.2, 0.25) is 10.0 Å². The fraction of sp³-hybridized carbons (Fsp3) is 0.381. The van der Waals surface area contributed by atoms with Crippen LogP contribution in [-0.4, -0.2) is 24.2 Å². The van der Waals surface area contributed by atoms with Crippen molar-refractivity contribution in [1.29, 1.82) is 0 Å². The average molecular weight is 457 g/mol. The lowest BCUT2D eigenvalue weighted by molar-refractivity contribution is 0.0697. The molecule has 0 aliphatic heterocycles. The third-order valence-electron chi connectivity index (χ3n) is 4.44. The van der Waals surface area contributed by atoms with Gasteiger partial charge in [-0.2, -0.15) is 0 Å². The summed E-state index contributed by atoms with van der Waals surface area (Å²) in [6.45, 7) is 5.78. The van der Waals surface area contributed by atoms with Gasteiger partial charge in [0.05, 0.1) is 26.2 Å². The summed E-state index contributed by atoms with van der Waals surface area (Å²) in [5.74, 6) is -0.0133. The van der Waals surface area contributed by atoms with E-state index in [1.54, 1.807) is 30.3 Å². The molecule has 5 nitrogen and oxygen atoms in total. The van der Waals surface area contributed by atoms with Gasteiger partial charge in [0, 0.05) is 25.2 Å². The molecule has 0 amide bonds. The van der Waals surface area contributed by atoms with E-state index in [0.717, 1.165) is 50.7 Å². The number of halogens is 2. The standard InChI is InChI=1S/C21H26Cl2N2O3S/c1-3-5-9-25(10-6-4-2)18-13-19(20(29-24)12-15(18)21(26)27)28-14-7-8-16(22)17(23)11-14/h7-8,11-13H,3-6,9-10,24H2,1-2H3,(H,26,27). The van der Waals surface area contributed by atoms with Crippen LogP contribution < -0.4 is 14.8 Å².